The van der Waals surface area contributed by atoms with Crippen molar-refractivity contribution in [2.75, 3.05) is 11.9 Å². The summed E-state index contributed by atoms with van der Waals surface area (Å²) in [5.74, 6) is -1.04. The van der Waals surface area contributed by atoms with E-state index in [1.165, 1.54) is 23.3 Å². The van der Waals surface area contributed by atoms with Gasteiger partial charge in [0.05, 0.1) is 29.3 Å². The van der Waals surface area contributed by atoms with Crippen LogP contribution < -0.4 is 10.5 Å². The van der Waals surface area contributed by atoms with E-state index in [4.69, 9.17) is 5.14 Å². The van der Waals surface area contributed by atoms with Crippen LogP contribution in [0.4, 0.5) is 10.2 Å². The summed E-state index contributed by atoms with van der Waals surface area (Å²) in [6.45, 7) is -0.110. The monoisotopic (exact) mass is 568 g/mol. The van der Waals surface area contributed by atoms with Crippen LogP contribution >= 0.6 is 15.9 Å². The van der Waals surface area contributed by atoms with Gasteiger partial charge >= 0.3 is 10.3 Å². The molecule has 0 spiro atoms. The highest BCUT2D eigenvalue weighted by molar-refractivity contribution is 9.10. The van der Waals surface area contributed by atoms with Crippen LogP contribution in [0, 0.1) is 11.7 Å². The van der Waals surface area contributed by atoms with Crippen molar-refractivity contribution in [2.24, 2.45) is 11.1 Å². The van der Waals surface area contributed by atoms with Crippen LogP contribution in [0.15, 0.2) is 47.5 Å². The lowest BCUT2D eigenvalue weighted by atomic mass is 10.1. The summed E-state index contributed by atoms with van der Waals surface area (Å²) in [7, 11) is -4.11. The van der Waals surface area contributed by atoms with E-state index >= 15 is 0 Å². The summed E-state index contributed by atoms with van der Waals surface area (Å²) >= 11 is 3.15. The molecule has 0 amide bonds. The Balaban J connectivity index is 1.46. The van der Waals surface area contributed by atoms with Gasteiger partial charge in [-0.3, -0.25) is 13.7 Å². The van der Waals surface area contributed by atoms with E-state index in [1.54, 1.807) is 24.4 Å². The zero-order chi connectivity index (χ0) is 25.2. The number of nitrogens with zero attached hydrogens (tertiary/aromatic N) is 4. The van der Waals surface area contributed by atoms with E-state index in [2.05, 4.69) is 40.5 Å². The van der Waals surface area contributed by atoms with Crippen molar-refractivity contribution in [3.05, 3.63) is 70.1 Å². The Kier molecular flexibility index (Phi) is 7.56. The molecule has 3 atom stereocenters. The fourth-order valence-electron chi connectivity index (χ4n) is 3.94. The van der Waals surface area contributed by atoms with Gasteiger partial charge in [-0.15, -0.1) is 0 Å². The first-order valence-corrected chi connectivity index (χ1v) is 12.8. The number of aliphatic hydroxyl groups excluding tert-OH is 1. The lowest BCUT2D eigenvalue weighted by Gasteiger charge is -2.15. The average molecular weight is 569 g/mol. The van der Waals surface area contributed by atoms with Gasteiger partial charge in [0.1, 0.15) is 23.7 Å². The number of anilines is 1. The van der Waals surface area contributed by atoms with Crippen LogP contribution in [-0.2, 0) is 21.0 Å². The zero-order valence-corrected chi connectivity index (χ0v) is 20.6. The standard InChI is InChI=1S/C21H22BrFN6O5S/c22-16-3-1-2-12(19(16)23)9-29-5-4-17(28-29)20(31)15-8-25-11-26-21(15)27-14-6-13(18(30)7-14)10-34-35(24,32)33/h1-5,8,11,13-14,18,30H,6-7,9-10H2,(H2,24,32,33)(H,25,26,27)/t13-,14-,18+/m1/s1. The number of halogens is 2. The van der Waals surface area contributed by atoms with Crippen molar-refractivity contribution < 1.29 is 26.9 Å². The predicted octanol–water partition coefficient (Wildman–Crippen LogP) is 1.63. The minimum atomic E-state index is -4.11. The molecule has 1 fully saturated rings. The number of aliphatic hydroxyl groups is 1. The highest BCUT2D eigenvalue weighted by atomic mass is 79.9. The number of ketones is 1. The summed E-state index contributed by atoms with van der Waals surface area (Å²) in [6, 6.07) is 6.17. The van der Waals surface area contributed by atoms with Crippen molar-refractivity contribution in [2.45, 2.75) is 31.5 Å². The lowest BCUT2D eigenvalue weighted by molar-refractivity contribution is 0.101. The lowest BCUT2D eigenvalue weighted by Crippen LogP contribution is -2.24. The fourth-order valence-corrected chi connectivity index (χ4v) is 4.71. The molecule has 186 valence electrons. The van der Waals surface area contributed by atoms with E-state index in [0.29, 0.717) is 22.9 Å². The molecule has 3 aromatic rings. The molecule has 2 aromatic heterocycles. The Hall–Kier alpha value is -2.78. The molecule has 0 radical (unpaired) electrons. The molecule has 1 saturated carbocycles. The largest absolute Gasteiger partial charge is 0.393 e. The Morgan fingerprint density at radius 2 is 2.14 bits per heavy atom. The first-order chi connectivity index (χ1) is 16.6. The number of nitrogens with two attached hydrogens (primary N) is 1. The number of carbonyl (C=O) groups excluding carboxylic acids is 1. The van der Waals surface area contributed by atoms with Gasteiger partial charge in [0.25, 0.3) is 0 Å². The molecule has 4 rings (SSSR count). The van der Waals surface area contributed by atoms with E-state index < -0.39 is 33.9 Å². The minimum Gasteiger partial charge on any atom is -0.393 e. The second-order valence-electron chi connectivity index (χ2n) is 8.14. The molecule has 1 aromatic carbocycles. The SMILES string of the molecule is NS(=O)(=O)OC[C@H]1C[C@@H](Nc2ncncc2C(=O)c2ccn(Cc3cccc(Br)c3F)n2)C[C@@H]1O. The summed E-state index contributed by atoms with van der Waals surface area (Å²) in [6.07, 6.45) is 4.07. The Morgan fingerprint density at radius 3 is 2.91 bits per heavy atom. The third kappa shape index (κ3) is 6.27. The normalized spacial score (nSPS) is 20.2. The molecular weight excluding hydrogens is 547 g/mol. The van der Waals surface area contributed by atoms with E-state index in [0.717, 1.165) is 0 Å². The third-order valence-electron chi connectivity index (χ3n) is 5.64. The number of hydrogen-bond acceptors (Lipinski definition) is 9. The molecule has 0 saturated heterocycles. The number of benzene rings is 1. The molecule has 14 heteroatoms. The van der Waals surface area contributed by atoms with Gasteiger partial charge in [0.2, 0.25) is 5.78 Å². The van der Waals surface area contributed by atoms with Crippen molar-refractivity contribution in [3.63, 3.8) is 0 Å². The molecule has 35 heavy (non-hydrogen) atoms. The first-order valence-electron chi connectivity index (χ1n) is 10.5. The number of nitrogens with one attached hydrogen (secondary N) is 1. The quantitative estimate of drug-likeness (QED) is 0.325. The van der Waals surface area contributed by atoms with Crippen molar-refractivity contribution >= 4 is 37.8 Å². The maximum atomic E-state index is 14.3. The molecule has 4 N–H and O–H groups in total. The topological polar surface area (TPSA) is 162 Å². The van der Waals surface area contributed by atoms with E-state index in [1.807, 2.05) is 0 Å². The molecule has 0 unspecified atom stereocenters. The van der Waals surface area contributed by atoms with Crippen LogP contribution in [0.2, 0.25) is 0 Å². The minimum absolute atomic E-state index is 0.129. The molecule has 0 bridgehead atoms. The van der Waals surface area contributed by atoms with Crippen LogP contribution in [0.25, 0.3) is 0 Å². The second-order valence-corrected chi connectivity index (χ2v) is 10.2. The summed E-state index contributed by atoms with van der Waals surface area (Å²) in [5, 5.41) is 22.5. The summed E-state index contributed by atoms with van der Waals surface area (Å²) < 4.78 is 42.8. The van der Waals surface area contributed by atoms with Gasteiger partial charge in [-0.1, -0.05) is 12.1 Å². The van der Waals surface area contributed by atoms with Crippen LogP contribution in [0.1, 0.15) is 34.5 Å². The van der Waals surface area contributed by atoms with Crippen molar-refractivity contribution in [1.82, 2.24) is 19.7 Å². The molecule has 11 nitrogen and oxygen atoms in total. The van der Waals surface area contributed by atoms with Crippen molar-refractivity contribution in [1.29, 1.82) is 0 Å². The highest BCUT2D eigenvalue weighted by Gasteiger charge is 2.34. The number of carbonyl (C=O) groups is 1. The number of rotatable bonds is 9. The van der Waals surface area contributed by atoms with E-state index in [9.17, 15) is 22.7 Å². The van der Waals surface area contributed by atoms with Crippen LogP contribution in [0.3, 0.4) is 0 Å². The molecular formula is C21H22BrFN6O5S. The van der Waals surface area contributed by atoms with Gasteiger partial charge in [0.15, 0.2) is 0 Å². The van der Waals surface area contributed by atoms with Gasteiger partial charge < -0.3 is 10.4 Å². The molecule has 1 aliphatic rings. The Bertz CT molecular complexity index is 1340. The Labute approximate surface area is 208 Å². The third-order valence-corrected chi connectivity index (χ3v) is 6.72. The zero-order valence-electron chi connectivity index (χ0n) is 18.2. The average Bonchev–Trinajstić information content (AvgIpc) is 3.41. The van der Waals surface area contributed by atoms with Gasteiger partial charge in [-0.25, -0.2) is 19.5 Å². The molecule has 1 aliphatic carbocycles. The van der Waals surface area contributed by atoms with Crippen molar-refractivity contribution in [3.8, 4) is 0 Å². The number of aromatic nitrogens is 4. The highest BCUT2D eigenvalue weighted by Crippen LogP contribution is 2.30. The maximum Gasteiger partial charge on any atom is 0.333 e. The van der Waals surface area contributed by atoms with Gasteiger partial charge in [-0.05, 0) is 40.9 Å². The molecule has 0 aliphatic heterocycles. The fraction of sp³-hybridized carbons (Fsp3) is 0.333. The predicted molar refractivity (Wildman–Crippen MR) is 126 cm³/mol. The summed E-state index contributed by atoms with van der Waals surface area (Å²) in [5.41, 5.74) is 0.710. The maximum absolute atomic E-state index is 14.3. The van der Waals surface area contributed by atoms with Gasteiger partial charge in [-0.2, -0.15) is 13.5 Å². The summed E-state index contributed by atoms with van der Waals surface area (Å²) in [4.78, 5) is 21.2. The van der Waals surface area contributed by atoms with Gasteiger partial charge in [0, 0.05) is 29.9 Å². The first kappa shape index (κ1) is 25.3. The van der Waals surface area contributed by atoms with E-state index in [-0.39, 0.29) is 36.3 Å². The number of hydrogen-bond donors (Lipinski definition) is 3. The van der Waals surface area contributed by atoms with Crippen LogP contribution in [0.5, 0.6) is 0 Å². The molecule has 2 heterocycles. The smallest absolute Gasteiger partial charge is 0.333 e. The second kappa shape index (κ2) is 10.5. The Morgan fingerprint density at radius 1 is 1.34 bits per heavy atom. The van der Waals surface area contributed by atoms with Crippen LogP contribution in [-0.4, -0.2) is 57.8 Å².